The van der Waals surface area contributed by atoms with E-state index in [1.54, 1.807) is 49.4 Å². The van der Waals surface area contributed by atoms with Crippen LogP contribution < -0.4 is 0 Å². The van der Waals surface area contributed by atoms with Crippen LogP contribution >= 0.6 is 0 Å². The molecule has 0 spiro atoms. The zero-order chi connectivity index (χ0) is 13.4. The molecule has 0 radical (unpaired) electrons. The van der Waals surface area contributed by atoms with Crippen molar-refractivity contribution in [2.75, 3.05) is 6.61 Å². The van der Waals surface area contributed by atoms with E-state index < -0.39 is 5.97 Å². The van der Waals surface area contributed by atoms with Crippen molar-refractivity contribution in [2.45, 2.75) is 6.92 Å². The van der Waals surface area contributed by atoms with Crippen LogP contribution in [0.4, 0.5) is 0 Å². The Morgan fingerprint density at radius 3 is 2.67 bits per heavy atom. The zero-order valence-electron chi connectivity index (χ0n) is 9.96. The van der Waals surface area contributed by atoms with Crippen molar-refractivity contribution in [3.05, 3.63) is 47.6 Å². The zero-order valence-corrected chi connectivity index (χ0v) is 9.96. The average Bonchev–Trinajstić information content (AvgIpc) is 2.37. The Kier molecular flexibility index (Phi) is 5.20. The Balaban J connectivity index is 2.75. The summed E-state index contributed by atoms with van der Waals surface area (Å²) in [6, 6.07) is 8.33. The van der Waals surface area contributed by atoms with Crippen molar-refractivity contribution in [3.63, 3.8) is 0 Å². The number of nitriles is 1. The molecule has 1 aromatic carbocycles. The molecular weight excluding hydrogens is 230 g/mol. The van der Waals surface area contributed by atoms with Crippen LogP contribution in [0.1, 0.15) is 12.5 Å². The molecule has 4 nitrogen and oxygen atoms in total. The molecule has 0 unspecified atom stereocenters. The Morgan fingerprint density at radius 1 is 1.44 bits per heavy atom. The first-order chi connectivity index (χ1) is 8.67. The quantitative estimate of drug-likeness (QED) is 0.381. The van der Waals surface area contributed by atoms with Crippen LogP contribution in [-0.2, 0) is 9.53 Å². The highest BCUT2D eigenvalue weighted by Crippen LogP contribution is 2.11. The summed E-state index contributed by atoms with van der Waals surface area (Å²) in [6.07, 6.45) is 4.70. The molecule has 0 saturated heterocycles. The van der Waals surface area contributed by atoms with E-state index in [-0.39, 0.29) is 17.9 Å². The lowest BCUT2D eigenvalue weighted by Gasteiger charge is -1.97. The van der Waals surface area contributed by atoms with Crippen LogP contribution in [0.15, 0.2) is 42.0 Å². The monoisotopic (exact) mass is 243 g/mol. The average molecular weight is 243 g/mol. The number of carbonyl (C=O) groups is 1. The molecule has 1 aromatic rings. The first-order valence-electron chi connectivity index (χ1n) is 5.42. The van der Waals surface area contributed by atoms with Gasteiger partial charge in [0.25, 0.3) is 0 Å². The van der Waals surface area contributed by atoms with Gasteiger partial charge >= 0.3 is 5.97 Å². The van der Waals surface area contributed by atoms with Crippen LogP contribution in [0.3, 0.4) is 0 Å². The molecule has 18 heavy (non-hydrogen) atoms. The Morgan fingerprint density at radius 2 is 2.11 bits per heavy atom. The van der Waals surface area contributed by atoms with Gasteiger partial charge in [0.05, 0.1) is 6.61 Å². The Hall–Kier alpha value is -2.54. The van der Waals surface area contributed by atoms with Crippen molar-refractivity contribution >= 4 is 12.0 Å². The lowest BCUT2D eigenvalue weighted by atomic mass is 10.2. The van der Waals surface area contributed by atoms with E-state index >= 15 is 0 Å². The summed E-state index contributed by atoms with van der Waals surface area (Å²) in [6.45, 7) is 1.92. The summed E-state index contributed by atoms with van der Waals surface area (Å²) in [4.78, 5) is 11.3. The molecule has 0 amide bonds. The molecule has 0 aliphatic carbocycles. The number of hydrogen-bond donors (Lipinski definition) is 1. The second kappa shape index (κ2) is 6.92. The second-order valence-electron chi connectivity index (χ2n) is 3.36. The molecule has 0 atom stereocenters. The summed E-state index contributed by atoms with van der Waals surface area (Å²) < 4.78 is 4.72. The predicted molar refractivity (Wildman–Crippen MR) is 67.5 cm³/mol. The molecule has 1 N–H and O–H groups in total. The van der Waals surface area contributed by atoms with Crippen molar-refractivity contribution in [1.82, 2.24) is 0 Å². The lowest BCUT2D eigenvalue weighted by Crippen LogP contribution is -2.05. The Bertz CT molecular complexity index is 507. The third-order valence-electron chi connectivity index (χ3n) is 2.06. The van der Waals surface area contributed by atoms with Crippen molar-refractivity contribution in [2.24, 2.45) is 0 Å². The summed E-state index contributed by atoms with van der Waals surface area (Å²) >= 11 is 0. The second-order valence-corrected chi connectivity index (χ2v) is 3.36. The van der Waals surface area contributed by atoms with Crippen LogP contribution in [0, 0.1) is 11.3 Å². The van der Waals surface area contributed by atoms with Gasteiger partial charge in [-0.1, -0.05) is 24.3 Å². The van der Waals surface area contributed by atoms with Gasteiger partial charge in [-0.05, 0) is 30.7 Å². The van der Waals surface area contributed by atoms with Crippen LogP contribution in [0.5, 0.6) is 5.75 Å². The van der Waals surface area contributed by atoms with E-state index in [0.29, 0.717) is 0 Å². The smallest absolute Gasteiger partial charge is 0.348 e. The molecule has 0 heterocycles. The number of nitrogens with zero attached hydrogens (tertiary/aromatic N) is 1. The predicted octanol–water partition coefficient (Wildman–Crippen LogP) is 2.42. The molecule has 92 valence electrons. The minimum absolute atomic E-state index is 0.0492. The molecule has 0 saturated carbocycles. The SMILES string of the molecule is CCOC(=O)/C(C#N)=C/C=C/c1ccc(O)cc1. The van der Waals surface area contributed by atoms with Gasteiger partial charge < -0.3 is 9.84 Å². The van der Waals surface area contributed by atoms with Crippen molar-refractivity contribution in [1.29, 1.82) is 5.26 Å². The third-order valence-corrected chi connectivity index (χ3v) is 2.06. The maximum absolute atomic E-state index is 11.3. The molecule has 0 aliphatic heterocycles. The largest absolute Gasteiger partial charge is 0.508 e. The topological polar surface area (TPSA) is 70.3 Å². The maximum Gasteiger partial charge on any atom is 0.348 e. The van der Waals surface area contributed by atoms with E-state index in [9.17, 15) is 4.79 Å². The molecule has 4 heteroatoms. The van der Waals surface area contributed by atoms with E-state index in [1.807, 2.05) is 0 Å². The molecular formula is C14H13NO3. The number of phenolic OH excluding ortho intramolecular Hbond substituents is 1. The summed E-state index contributed by atoms with van der Waals surface area (Å²) in [5.74, 6) is -0.442. The highest BCUT2D eigenvalue weighted by atomic mass is 16.5. The lowest BCUT2D eigenvalue weighted by molar-refractivity contribution is -0.138. The fourth-order valence-corrected chi connectivity index (χ4v) is 1.20. The summed E-state index contributed by atoms with van der Waals surface area (Å²) in [5.41, 5.74) is 0.803. The Labute approximate surface area is 105 Å². The van der Waals surface area contributed by atoms with Gasteiger partial charge in [0.15, 0.2) is 0 Å². The number of allylic oxidation sites excluding steroid dienone is 2. The number of rotatable bonds is 4. The maximum atomic E-state index is 11.3. The number of esters is 1. The first kappa shape index (κ1) is 13.5. The third kappa shape index (κ3) is 4.14. The molecule has 0 aromatic heterocycles. The van der Waals surface area contributed by atoms with Crippen LogP contribution in [-0.4, -0.2) is 17.7 Å². The molecule has 0 bridgehead atoms. The van der Waals surface area contributed by atoms with Crippen molar-refractivity contribution < 1.29 is 14.6 Å². The number of benzene rings is 1. The number of ether oxygens (including phenoxy) is 1. The molecule has 0 aliphatic rings. The van der Waals surface area contributed by atoms with Gasteiger partial charge in [-0.25, -0.2) is 4.79 Å². The normalized spacial score (nSPS) is 11.2. The minimum atomic E-state index is -0.629. The first-order valence-corrected chi connectivity index (χ1v) is 5.42. The van der Waals surface area contributed by atoms with Crippen molar-refractivity contribution in [3.8, 4) is 11.8 Å². The van der Waals surface area contributed by atoms with E-state index in [0.717, 1.165) is 5.56 Å². The van der Waals surface area contributed by atoms with Gasteiger partial charge in [0.2, 0.25) is 0 Å². The number of carbonyl (C=O) groups excluding carboxylic acids is 1. The molecule has 1 rings (SSSR count). The number of phenols is 1. The highest BCUT2D eigenvalue weighted by molar-refractivity contribution is 5.93. The summed E-state index contributed by atoms with van der Waals surface area (Å²) in [5, 5.41) is 17.9. The van der Waals surface area contributed by atoms with E-state index in [4.69, 9.17) is 15.1 Å². The van der Waals surface area contributed by atoms with Gasteiger partial charge in [-0.15, -0.1) is 0 Å². The van der Waals surface area contributed by atoms with Gasteiger partial charge in [0.1, 0.15) is 17.4 Å². The standard InChI is InChI=1S/C14H13NO3/c1-2-18-14(17)12(10-15)5-3-4-11-6-8-13(16)9-7-11/h3-9,16H,2H2,1H3/b4-3+,12-5+. The fraction of sp³-hybridized carbons (Fsp3) is 0.143. The van der Waals surface area contributed by atoms with Gasteiger partial charge in [-0.2, -0.15) is 5.26 Å². The fourth-order valence-electron chi connectivity index (χ4n) is 1.20. The van der Waals surface area contributed by atoms with Crippen LogP contribution in [0.25, 0.3) is 6.08 Å². The van der Waals surface area contributed by atoms with E-state index in [2.05, 4.69) is 0 Å². The molecule has 0 fully saturated rings. The highest BCUT2D eigenvalue weighted by Gasteiger charge is 2.07. The summed E-state index contributed by atoms with van der Waals surface area (Å²) in [7, 11) is 0. The number of hydrogen-bond acceptors (Lipinski definition) is 4. The van der Waals surface area contributed by atoms with Gasteiger partial charge in [0, 0.05) is 0 Å². The van der Waals surface area contributed by atoms with E-state index in [1.165, 1.54) is 6.08 Å². The number of aromatic hydroxyl groups is 1. The van der Waals surface area contributed by atoms with Crippen LogP contribution in [0.2, 0.25) is 0 Å². The van der Waals surface area contributed by atoms with Gasteiger partial charge in [-0.3, -0.25) is 0 Å². The minimum Gasteiger partial charge on any atom is -0.508 e.